The summed E-state index contributed by atoms with van der Waals surface area (Å²) in [6.07, 6.45) is 1.92. The van der Waals surface area contributed by atoms with Gasteiger partial charge in [-0.25, -0.2) is 4.98 Å². The van der Waals surface area contributed by atoms with E-state index in [1.807, 2.05) is 62.4 Å². The van der Waals surface area contributed by atoms with Gasteiger partial charge in [0.15, 0.2) is 5.13 Å². The van der Waals surface area contributed by atoms with Crippen LogP contribution in [0.25, 0.3) is 16.0 Å². The molecule has 0 saturated carbocycles. The molecule has 0 bridgehead atoms. The Labute approximate surface area is 219 Å². The Morgan fingerprint density at radius 3 is 2.54 bits per heavy atom. The van der Waals surface area contributed by atoms with Gasteiger partial charge in [-0.3, -0.25) is 14.5 Å². The summed E-state index contributed by atoms with van der Waals surface area (Å²) in [5, 5.41) is 11.9. The quantitative estimate of drug-likeness (QED) is 0.129. The maximum atomic E-state index is 13.5. The summed E-state index contributed by atoms with van der Waals surface area (Å²) in [6, 6.07) is 19.7. The van der Waals surface area contributed by atoms with Crippen LogP contribution in [0.15, 0.2) is 72.3 Å². The fourth-order valence-corrected chi connectivity index (χ4v) is 5.53. The number of carbonyl (C=O) groups excluding carboxylic acids is 2. The third-order valence-corrected chi connectivity index (χ3v) is 7.47. The number of amides is 1. The fourth-order valence-electron chi connectivity index (χ4n) is 4.44. The molecule has 1 fully saturated rings. The van der Waals surface area contributed by atoms with Crippen LogP contribution in [0.2, 0.25) is 0 Å². The summed E-state index contributed by atoms with van der Waals surface area (Å²) in [5.74, 6) is -1.08. The van der Waals surface area contributed by atoms with E-state index in [9.17, 15) is 14.7 Å². The predicted octanol–water partition coefficient (Wildman–Crippen LogP) is 6.72. The molecule has 1 saturated heterocycles. The molecule has 1 unspecified atom stereocenters. The first kappa shape index (κ1) is 24.7. The smallest absolute Gasteiger partial charge is 0.301 e. The molecule has 6 nitrogen and oxygen atoms in total. The molecule has 1 N–H and O–H groups in total. The zero-order valence-corrected chi connectivity index (χ0v) is 21.8. The lowest BCUT2D eigenvalue weighted by Gasteiger charge is -2.23. The number of aliphatic hydroxyl groups excluding tert-OH is 1. The molecule has 0 aliphatic carbocycles. The van der Waals surface area contributed by atoms with Crippen molar-refractivity contribution in [3.8, 4) is 5.75 Å². The van der Waals surface area contributed by atoms with Crippen LogP contribution >= 0.6 is 11.3 Å². The van der Waals surface area contributed by atoms with Crippen LogP contribution in [-0.2, 0) is 9.59 Å². The average molecular weight is 513 g/mol. The molecule has 188 valence electrons. The number of ether oxygens (including phenoxy) is 1. The van der Waals surface area contributed by atoms with E-state index in [2.05, 4.69) is 11.9 Å². The third kappa shape index (κ3) is 4.74. The topological polar surface area (TPSA) is 79.7 Å². The van der Waals surface area contributed by atoms with Gasteiger partial charge in [0.2, 0.25) is 0 Å². The molecule has 1 aromatic heterocycles. The average Bonchev–Trinajstić information content (AvgIpc) is 3.42. The number of hydrogen-bond donors (Lipinski definition) is 1. The van der Waals surface area contributed by atoms with Crippen molar-refractivity contribution in [2.45, 2.75) is 39.7 Å². The van der Waals surface area contributed by atoms with Crippen molar-refractivity contribution in [3.63, 3.8) is 0 Å². The van der Waals surface area contributed by atoms with E-state index < -0.39 is 17.7 Å². The lowest BCUT2D eigenvalue weighted by atomic mass is 9.95. The van der Waals surface area contributed by atoms with Crippen LogP contribution in [0, 0.1) is 13.8 Å². The molecule has 2 heterocycles. The number of ketones is 1. The molecular formula is C30H28N2O4S. The van der Waals surface area contributed by atoms with Crippen molar-refractivity contribution in [2.75, 3.05) is 11.5 Å². The number of nitrogens with zero attached hydrogens (tertiary/aromatic N) is 2. The highest BCUT2D eigenvalue weighted by Gasteiger charge is 2.48. The standard InChI is InChI=1S/C30H28N2O4S/c1-4-5-15-36-22-8-6-7-21(17-22)27(33)25-26(20-12-9-18(2)10-13-20)32(29(35)28(25)34)30-31-23-14-11-19(3)16-24(23)37-30/h6-14,16-17,26,33H,4-5,15H2,1-3H3. The normalized spacial score (nSPS) is 17.1. The second-order valence-corrected chi connectivity index (χ2v) is 10.3. The molecule has 1 aliphatic heterocycles. The van der Waals surface area contributed by atoms with Gasteiger partial charge in [0.05, 0.1) is 28.4 Å². The highest BCUT2D eigenvalue weighted by molar-refractivity contribution is 7.22. The highest BCUT2D eigenvalue weighted by Crippen LogP contribution is 2.44. The summed E-state index contributed by atoms with van der Waals surface area (Å²) < 4.78 is 6.73. The van der Waals surface area contributed by atoms with Crippen molar-refractivity contribution >= 4 is 44.1 Å². The number of aromatic nitrogens is 1. The van der Waals surface area contributed by atoms with Crippen LogP contribution in [0.1, 0.15) is 48.1 Å². The number of thiazole rings is 1. The number of unbranched alkanes of at least 4 members (excludes halogenated alkanes) is 1. The van der Waals surface area contributed by atoms with E-state index in [1.165, 1.54) is 16.2 Å². The van der Waals surface area contributed by atoms with Crippen LogP contribution in [0.5, 0.6) is 5.75 Å². The van der Waals surface area contributed by atoms with Crippen molar-refractivity contribution in [1.82, 2.24) is 4.98 Å². The molecular weight excluding hydrogens is 484 g/mol. The minimum atomic E-state index is -0.813. The lowest BCUT2D eigenvalue weighted by molar-refractivity contribution is -0.132. The van der Waals surface area contributed by atoms with Gasteiger partial charge < -0.3 is 9.84 Å². The summed E-state index contributed by atoms with van der Waals surface area (Å²) in [4.78, 5) is 33.0. The summed E-state index contributed by atoms with van der Waals surface area (Å²) in [6.45, 7) is 6.62. The largest absolute Gasteiger partial charge is 0.507 e. The first-order valence-electron chi connectivity index (χ1n) is 12.4. The van der Waals surface area contributed by atoms with E-state index in [-0.39, 0.29) is 11.3 Å². The zero-order valence-electron chi connectivity index (χ0n) is 21.0. The van der Waals surface area contributed by atoms with E-state index >= 15 is 0 Å². The SMILES string of the molecule is CCCCOc1cccc(C(O)=C2C(=O)C(=O)N(c3nc4ccc(C)cc4s3)C2c2ccc(C)cc2)c1. The number of aryl methyl sites for hydroxylation is 2. The number of fused-ring (bicyclic) bond motifs is 1. The number of hydrogen-bond acceptors (Lipinski definition) is 6. The Bertz CT molecular complexity index is 1520. The summed E-state index contributed by atoms with van der Waals surface area (Å²) >= 11 is 1.36. The van der Waals surface area contributed by atoms with Crippen LogP contribution in [-0.4, -0.2) is 28.4 Å². The molecule has 1 aliphatic rings. The zero-order chi connectivity index (χ0) is 26.1. The molecule has 4 aromatic rings. The Morgan fingerprint density at radius 2 is 1.78 bits per heavy atom. The van der Waals surface area contributed by atoms with E-state index in [0.29, 0.717) is 23.1 Å². The van der Waals surface area contributed by atoms with Gasteiger partial charge in [-0.1, -0.05) is 72.7 Å². The monoisotopic (exact) mass is 512 g/mol. The number of aliphatic hydroxyl groups is 1. The third-order valence-electron chi connectivity index (χ3n) is 6.45. The van der Waals surface area contributed by atoms with Gasteiger partial charge in [-0.15, -0.1) is 0 Å². The molecule has 0 radical (unpaired) electrons. The lowest BCUT2D eigenvalue weighted by Crippen LogP contribution is -2.29. The van der Waals surface area contributed by atoms with Gasteiger partial charge >= 0.3 is 5.91 Å². The van der Waals surface area contributed by atoms with E-state index in [1.54, 1.807) is 18.2 Å². The first-order valence-corrected chi connectivity index (χ1v) is 13.2. The molecule has 1 atom stereocenters. The van der Waals surface area contributed by atoms with E-state index in [4.69, 9.17) is 4.74 Å². The van der Waals surface area contributed by atoms with Crippen molar-refractivity contribution in [3.05, 3.63) is 94.6 Å². The summed E-state index contributed by atoms with van der Waals surface area (Å²) in [5.41, 5.74) is 4.07. The van der Waals surface area contributed by atoms with Gasteiger partial charge in [-0.05, 0) is 55.7 Å². The second kappa shape index (κ2) is 10.2. The Kier molecular flexibility index (Phi) is 6.80. The molecule has 0 spiro atoms. The summed E-state index contributed by atoms with van der Waals surface area (Å²) in [7, 11) is 0. The maximum Gasteiger partial charge on any atom is 0.301 e. The second-order valence-electron chi connectivity index (χ2n) is 9.28. The number of Topliss-reactive ketones (excluding diaryl/α,β-unsaturated/α-hetero) is 1. The molecule has 1 amide bonds. The Morgan fingerprint density at radius 1 is 1.03 bits per heavy atom. The van der Waals surface area contributed by atoms with Crippen LogP contribution in [0.3, 0.4) is 0 Å². The van der Waals surface area contributed by atoms with Gasteiger partial charge in [0, 0.05) is 5.56 Å². The van der Waals surface area contributed by atoms with Gasteiger partial charge in [0.25, 0.3) is 5.78 Å². The minimum absolute atomic E-state index is 0.0370. The minimum Gasteiger partial charge on any atom is -0.507 e. The van der Waals surface area contributed by atoms with Gasteiger partial charge in [-0.2, -0.15) is 0 Å². The number of carbonyl (C=O) groups is 2. The number of rotatable bonds is 7. The van der Waals surface area contributed by atoms with Crippen molar-refractivity contribution < 1.29 is 19.4 Å². The Hall–Kier alpha value is -3.97. The number of benzene rings is 3. The maximum absolute atomic E-state index is 13.5. The van der Waals surface area contributed by atoms with Crippen molar-refractivity contribution in [1.29, 1.82) is 0 Å². The first-order chi connectivity index (χ1) is 17.9. The van der Waals surface area contributed by atoms with Crippen LogP contribution < -0.4 is 9.64 Å². The molecule has 7 heteroatoms. The highest BCUT2D eigenvalue weighted by atomic mass is 32.1. The Balaban J connectivity index is 1.64. The molecule has 5 rings (SSSR count). The van der Waals surface area contributed by atoms with Gasteiger partial charge in [0.1, 0.15) is 11.5 Å². The van der Waals surface area contributed by atoms with Crippen molar-refractivity contribution in [2.24, 2.45) is 0 Å². The number of anilines is 1. The molecule has 3 aromatic carbocycles. The fraction of sp³-hybridized carbons (Fsp3) is 0.233. The van der Waals surface area contributed by atoms with E-state index in [0.717, 1.165) is 39.7 Å². The molecule has 37 heavy (non-hydrogen) atoms. The predicted molar refractivity (Wildman–Crippen MR) is 147 cm³/mol. The van der Waals surface area contributed by atoms with Crippen LogP contribution in [0.4, 0.5) is 5.13 Å².